The second-order valence-corrected chi connectivity index (χ2v) is 10.6. The third-order valence-electron chi connectivity index (χ3n) is 6.57. The van der Waals surface area contributed by atoms with Gasteiger partial charge in [-0.25, -0.2) is 34.9 Å². The number of hydrogen-bond acceptors (Lipinski definition) is 11. The Balaban J connectivity index is 1.60. The fourth-order valence-corrected chi connectivity index (χ4v) is 4.88. The topological polar surface area (TPSA) is 133 Å². The van der Waals surface area contributed by atoms with Crippen LogP contribution < -0.4 is 15.6 Å². The van der Waals surface area contributed by atoms with Crippen molar-refractivity contribution in [1.82, 2.24) is 39.5 Å². The smallest absolute Gasteiger partial charge is 0.295 e. The Labute approximate surface area is 225 Å². The molecule has 1 aliphatic carbocycles. The molecule has 5 rings (SSSR count). The van der Waals surface area contributed by atoms with Crippen LogP contribution in [0.4, 0.5) is 5.82 Å². The van der Waals surface area contributed by atoms with Gasteiger partial charge in [-0.15, -0.1) is 11.8 Å². The Morgan fingerprint density at radius 2 is 1.89 bits per heavy atom. The zero-order valence-electron chi connectivity index (χ0n) is 22.2. The maximum atomic E-state index is 13.7. The average Bonchev–Trinajstić information content (AvgIpc) is 3.78. The van der Waals surface area contributed by atoms with Gasteiger partial charge in [-0.05, 0) is 38.9 Å². The lowest BCUT2D eigenvalue weighted by molar-refractivity contribution is 0.397. The molecule has 1 fully saturated rings. The molecule has 1 N–H and O–H groups in total. The summed E-state index contributed by atoms with van der Waals surface area (Å²) in [6.07, 6.45) is 7.94. The standard InChI is InChI=1S/C26H31N9O2S/c1-6-14(3)35-24-20(33-23(26(35)36)29-12-18-27-10-17(11-28-18)38-7-2)15(4)32-22(34-24)19-21(16-8-9-16)30-13-31-25(19)37-5/h10-11,13-14,16H,6-9,12H2,1-5H3,(H,29,33)/t14-/m1/s1. The van der Waals surface area contributed by atoms with Gasteiger partial charge in [0.25, 0.3) is 5.56 Å². The van der Waals surface area contributed by atoms with Crippen LogP contribution in [0.2, 0.25) is 0 Å². The molecule has 0 aliphatic heterocycles. The third-order valence-corrected chi connectivity index (χ3v) is 7.41. The molecule has 0 unspecified atom stereocenters. The quantitative estimate of drug-likeness (QED) is 0.292. The van der Waals surface area contributed by atoms with Gasteiger partial charge >= 0.3 is 0 Å². The predicted molar refractivity (Wildman–Crippen MR) is 147 cm³/mol. The highest BCUT2D eigenvalue weighted by Crippen LogP contribution is 2.45. The predicted octanol–water partition coefficient (Wildman–Crippen LogP) is 4.32. The number of aromatic nitrogens is 8. The number of fused-ring (bicyclic) bond motifs is 1. The minimum atomic E-state index is -0.257. The first-order chi connectivity index (χ1) is 18.4. The second kappa shape index (κ2) is 11.0. The van der Waals surface area contributed by atoms with Crippen molar-refractivity contribution < 1.29 is 4.74 Å². The van der Waals surface area contributed by atoms with Crippen LogP contribution in [0, 0.1) is 6.92 Å². The van der Waals surface area contributed by atoms with Gasteiger partial charge in [0, 0.05) is 29.2 Å². The number of ether oxygens (including phenoxy) is 1. The number of nitrogens with zero attached hydrogens (tertiary/aromatic N) is 8. The van der Waals surface area contributed by atoms with Crippen molar-refractivity contribution in [2.45, 2.75) is 70.4 Å². The second-order valence-electron chi connectivity index (χ2n) is 9.24. The van der Waals surface area contributed by atoms with E-state index in [1.54, 1.807) is 35.8 Å². The van der Waals surface area contributed by atoms with Crippen LogP contribution in [0.3, 0.4) is 0 Å². The summed E-state index contributed by atoms with van der Waals surface area (Å²) in [5, 5.41) is 3.14. The lowest BCUT2D eigenvalue weighted by Gasteiger charge is -2.19. The van der Waals surface area contributed by atoms with Gasteiger partial charge in [0.1, 0.15) is 23.2 Å². The molecule has 4 aromatic rings. The van der Waals surface area contributed by atoms with Gasteiger partial charge in [0.05, 0.1) is 25.0 Å². The van der Waals surface area contributed by atoms with E-state index in [2.05, 4.69) is 37.2 Å². The third kappa shape index (κ3) is 5.04. The summed E-state index contributed by atoms with van der Waals surface area (Å²) >= 11 is 1.68. The Hall–Kier alpha value is -3.67. The molecular formula is C26H31N9O2S. The summed E-state index contributed by atoms with van der Waals surface area (Å²) in [5.41, 5.74) is 2.97. The average molecular weight is 534 g/mol. The minimum Gasteiger partial charge on any atom is -0.480 e. The number of aryl methyl sites for hydroxylation is 1. The zero-order valence-corrected chi connectivity index (χ0v) is 23.0. The molecule has 198 valence electrons. The largest absolute Gasteiger partial charge is 0.480 e. The molecule has 0 amide bonds. The monoisotopic (exact) mass is 533 g/mol. The molecule has 0 aromatic carbocycles. The van der Waals surface area contributed by atoms with E-state index in [9.17, 15) is 4.79 Å². The number of nitrogens with one attached hydrogen (secondary N) is 1. The summed E-state index contributed by atoms with van der Waals surface area (Å²) in [5.74, 6) is 2.94. The van der Waals surface area contributed by atoms with Crippen molar-refractivity contribution in [2.75, 3.05) is 18.2 Å². The SMILES string of the molecule is CCSc1cnc(CNc2nc3c(C)nc(-c4c(OC)ncnc4C4CC4)nc3n([C@H](C)CC)c2=O)nc1. The van der Waals surface area contributed by atoms with E-state index < -0.39 is 0 Å². The van der Waals surface area contributed by atoms with Gasteiger partial charge in [0.2, 0.25) is 5.88 Å². The van der Waals surface area contributed by atoms with Crippen molar-refractivity contribution in [3.8, 4) is 17.3 Å². The van der Waals surface area contributed by atoms with Crippen LogP contribution >= 0.6 is 11.8 Å². The molecule has 0 saturated heterocycles. The fourth-order valence-electron chi connectivity index (χ4n) is 4.29. The number of methoxy groups -OCH3 is 1. The van der Waals surface area contributed by atoms with Gasteiger partial charge in [0.15, 0.2) is 17.3 Å². The Morgan fingerprint density at radius 3 is 2.55 bits per heavy atom. The minimum absolute atomic E-state index is 0.117. The summed E-state index contributed by atoms with van der Waals surface area (Å²) in [4.78, 5) is 46.7. The molecule has 1 aliphatic rings. The van der Waals surface area contributed by atoms with Crippen molar-refractivity contribution in [1.29, 1.82) is 0 Å². The van der Waals surface area contributed by atoms with Crippen LogP contribution in [0.1, 0.15) is 69.2 Å². The highest BCUT2D eigenvalue weighted by molar-refractivity contribution is 7.99. The summed E-state index contributed by atoms with van der Waals surface area (Å²) in [6.45, 7) is 8.26. The molecule has 1 atom stereocenters. The van der Waals surface area contributed by atoms with Crippen molar-refractivity contribution >= 4 is 28.7 Å². The summed E-state index contributed by atoms with van der Waals surface area (Å²) < 4.78 is 7.26. The van der Waals surface area contributed by atoms with Crippen LogP contribution in [0.25, 0.3) is 22.6 Å². The normalized spacial score (nSPS) is 14.0. The van der Waals surface area contributed by atoms with E-state index in [1.165, 1.54) is 6.33 Å². The van der Waals surface area contributed by atoms with E-state index in [4.69, 9.17) is 14.7 Å². The molecule has 12 heteroatoms. The first-order valence-corrected chi connectivity index (χ1v) is 13.8. The highest BCUT2D eigenvalue weighted by Gasteiger charge is 2.32. The Morgan fingerprint density at radius 1 is 1.13 bits per heavy atom. The molecule has 1 saturated carbocycles. The fraction of sp³-hybridized carbons (Fsp3) is 0.462. The number of hydrogen-bond donors (Lipinski definition) is 1. The summed E-state index contributed by atoms with van der Waals surface area (Å²) in [7, 11) is 1.57. The first kappa shape index (κ1) is 26.0. The number of anilines is 1. The van der Waals surface area contributed by atoms with E-state index in [0.29, 0.717) is 45.9 Å². The molecule has 38 heavy (non-hydrogen) atoms. The van der Waals surface area contributed by atoms with E-state index in [-0.39, 0.29) is 24.0 Å². The Bertz CT molecular complexity index is 1520. The zero-order chi connectivity index (χ0) is 26.8. The maximum absolute atomic E-state index is 13.7. The van der Waals surface area contributed by atoms with Gasteiger partial charge in [-0.3, -0.25) is 9.36 Å². The molecule has 0 spiro atoms. The summed E-state index contributed by atoms with van der Waals surface area (Å²) in [6, 6.07) is -0.117. The number of thioether (sulfide) groups is 1. The highest BCUT2D eigenvalue weighted by atomic mass is 32.2. The van der Waals surface area contributed by atoms with Gasteiger partial charge in [-0.2, -0.15) is 0 Å². The lowest BCUT2D eigenvalue weighted by atomic mass is 10.1. The molecule has 4 heterocycles. The van der Waals surface area contributed by atoms with E-state index in [0.717, 1.165) is 35.6 Å². The van der Waals surface area contributed by atoms with Gasteiger partial charge in [-0.1, -0.05) is 13.8 Å². The molecule has 0 bridgehead atoms. The van der Waals surface area contributed by atoms with Crippen LogP contribution in [-0.2, 0) is 6.54 Å². The van der Waals surface area contributed by atoms with E-state index in [1.807, 2.05) is 20.8 Å². The lowest BCUT2D eigenvalue weighted by Crippen LogP contribution is -2.29. The maximum Gasteiger partial charge on any atom is 0.295 e. The van der Waals surface area contributed by atoms with Crippen LogP contribution in [-0.4, -0.2) is 52.3 Å². The van der Waals surface area contributed by atoms with Crippen molar-refractivity contribution in [3.05, 3.63) is 46.3 Å². The van der Waals surface area contributed by atoms with Crippen LogP contribution in [0.15, 0.2) is 28.4 Å². The Kier molecular flexibility index (Phi) is 7.50. The molecule has 4 aromatic heterocycles. The van der Waals surface area contributed by atoms with Gasteiger partial charge < -0.3 is 10.1 Å². The van der Waals surface area contributed by atoms with Crippen molar-refractivity contribution in [3.63, 3.8) is 0 Å². The van der Waals surface area contributed by atoms with E-state index >= 15 is 0 Å². The van der Waals surface area contributed by atoms with Crippen molar-refractivity contribution in [2.24, 2.45) is 0 Å². The number of rotatable bonds is 10. The molecule has 0 radical (unpaired) electrons. The first-order valence-electron chi connectivity index (χ1n) is 12.8. The molecule has 11 nitrogen and oxygen atoms in total. The molecular weight excluding hydrogens is 502 g/mol. The van der Waals surface area contributed by atoms with Crippen LogP contribution in [0.5, 0.6) is 5.88 Å².